The van der Waals surface area contributed by atoms with Crippen molar-refractivity contribution in [3.8, 4) is 12.3 Å². The first-order valence-electron chi connectivity index (χ1n) is 12.4. The lowest BCUT2D eigenvalue weighted by Crippen LogP contribution is -2.53. The molecule has 0 aromatic carbocycles. The third kappa shape index (κ3) is 2.87. The lowest BCUT2D eigenvalue weighted by atomic mass is 9.47. The quantitative estimate of drug-likeness (QED) is 0.530. The van der Waals surface area contributed by atoms with Crippen molar-refractivity contribution in [3.05, 3.63) is 40.5 Å². The first-order valence-corrected chi connectivity index (χ1v) is 13.2. The van der Waals surface area contributed by atoms with E-state index in [-0.39, 0.29) is 10.8 Å². The number of aromatic nitrogens is 2. The SMILES string of the molecule is C#C[C@]1(O)CC[C@H]2[C@@H]3CC=C4c5sc(Nc6ncccc6C)nc5CC[C@]4(C)[C@H]3CC[C@@]21C. The maximum absolute atomic E-state index is 11.2. The van der Waals surface area contributed by atoms with Crippen LogP contribution in [-0.4, -0.2) is 20.7 Å². The minimum Gasteiger partial charge on any atom is -0.377 e. The van der Waals surface area contributed by atoms with Crippen molar-refractivity contribution in [2.24, 2.45) is 28.6 Å². The van der Waals surface area contributed by atoms with Gasteiger partial charge >= 0.3 is 0 Å². The van der Waals surface area contributed by atoms with Gasteiger partial charge in [-0.3, -0.25) is 0 Å². The minimum atomic E-state index is -0.935. The van der Waals surface area contributed by atoms with E-state index >= 15 is 0 Å². The normalized spacial score (nSPS) is 38.9. The lowest BCUT2D eigenvalue weighted by molar-refractivity contribution is -0.0886. The van der Waals surface area contributed by atoms with Gasteiger partial charge in [-0.1, -0.05) is 43.2 Å². The maximum atomic E-state index is 11.2. The third-order valence-electron chi connectivity index (χ3n) is 9.91. The molecule has 0 amide bonds. The topological polar surface area (TPSA) is 58.0 Å². The molecule has 2 saturated carbocycles. The van der Waals surface area contributed by atoms with E-state index in [1.54, 1.807) is 11.3 Å². The number of hydrogen-bond acceptors (Lipinski definition) is 5. The van der Waals surface area contributed by atoms with Crippen LogP contribution in [0.5, 0.6) is 0 Å². The molecule has 2 fully saturated rings. The number of hydrogen-bond donors (Lipinski definition) is 2. The van der Waals surface area contributed by atoms with Gasteiger partial charge in [-0.25, -0.2) is 9.97 Å². The number of allylic oxidation sites excluding steroid dienone is 2. The summed E-state index contributed by atoms with van der Waals surface area (Å²) in [4.78, 5) is 10.8. The van der Waals surface area contributed by atoms with Crippen LogP contribution in [0.2, 0.25) is 0 Å². The fourth-order valence-corrected chi connectivity index (χ4v) is 9.09. The highest BCUT2D eigenvalue weighted by Crippen LogP contribution is 2.68. The van der Waals surface area contributed by atoms with E-state index in [9.17, 15) is 5.11 Å². The van der Waals surface area contributed by atoms with Crippen LogP contribution in [-0.2, 0) is 6.42 Å². The van der Waals surface area contributed by atoms with Gasteiger partial charge in [-0.15, -0.1) is 6.42 Å². The number of nitrogens with zero attached hydrogens (tertiary/aromatic N) is 2. The summed E-state index contributed by atoms with van der Waals surface area (Å²) in [6.07, 6.45) is 17.5. The molecule has 2 N–H and O–H groups in total. The van der Waals surface area contributed by atoms with E-state index in [1.807, 2.05) is 12.3 Å². The van der Waals surface area contributed by atoms with Gasteiger partial charge in [0.15, 0.2) is 5.13 Å². The smallest absolute Gasteiger partial charge is 0.189 e. The summed E-state index contributed by atoms with van der Waals surface area (Å²) in [6, 6.07) is 4.04. The van der Waals surface area contributed by atoms with Gasteiger partial charge in [0.05, 0.1) is 10.6 Å². The molecule has 2 aromatic rings. The molecule has 6 atom stereocenters. The molecule has 4 aliphatic carbocycles. The summed E-state index contributed by atoms with van der Waals surface area (Å²) in [5.41, 5.74) is 2.98. The predicted octanol–water partition coefficient (Wildman–Crippen LogP) is 6.14. The average molecular weight is 460 g/mol. The van der Waals surface area contributed by atoms with Crippen molar-refractivity contribution in [1.29, 1.82) is 0 Å². The Balaban J connectivity index is 1.33. The van der Waals surface area contributed by atoms with Gasteiger partial charge in [0.2, 0.25) is 0 Å². The van der Waals surface area contributed by atoms with Crippen molar-refractivity contribution in [1.82, 2.24) is 9.97 Å². The average Bonchev–Trinajstić information content (AvgIpc) is 3.33. The number of terminal acetylenes is 1. The summed E-state index contributed by atoms with van der Waals surface area (Å²) in [7, 11) is 0. The van der Waals surface area contributed by atoms with Crippen molar-refractivity contribution < 1.29 is 5.11 Å². The van der Waals surface area contributed by atoms with Crippen LogP contribution in [0.15, 0.2) is 24.4 Å². The van der Waals surface area contributed by atoms with E-state index in [0.717, 1.165) is 61.5 Å². The molecule has 6 rings (SSSR count). The van der Waals surface area contributed by atoms with Crippen LogP contribution in [0, 0.1) is 47.9 Å². The molecule has 0 radical (unpaired) electrons. The highest BCUT2D eigenvalue weighted by atomic mass is 32.1. The Hall–Kier alpha value is -2.16. The predicted molar refractivity (Wildman–Crippen MR) is 134 cm³/mol. The molecule has 4 aliphatic rings. The molecule has 0 unspecified atom stereocenters. The number of thiazole rings is 1. The number of fused-ring (bicyclic) bond motifs is 7. The van der Waals surface area contributed by atoms with E-state index in [1.165, 1.54) is 16.1 Å². The monoisotopic (exact) mass is 459 g/mol. The first kappa shape index (κ1) is 21.4. The molecule has 33 heavy (non-hydrogen) atoms. The van der Waals surface area contributed by atoms with Crippen molar-refractivity contribution >= 4 is 27.9 Å². The molecule has 4 nitrogen and oxygen atoms in total. The van der Waals surface area contributed by atoms with Crippen LogP contribution in [0.25, 0.3) is 5.57 Å². The molecular weight excluding hydrogens is 426 g/mol. The van der Waals surface area contributed by atoms with Crippen LogP contribution < -0.4 is 5.32 Å². The van der Waals surface area contributed by atoms with Gasteiger partial charge < -0.3 is 10.4 Å². The number of anilines is 2. The molecule has 0 spiro atoms. The van der Waals surface area contributed by atoms with Crippen molar-refractivity contribution in [2.75, 3.05) is 5.32 Å². The molecule has 0 saturated heterocycles. The number of aryl methyl sites for hydroxylation is 2. The second kappa shape index (κ2) is 7.17. The number of pyridine rings is 1. The second-order valence-corrected chi connectivity index (χ2v) is 12.2. The number of nitrogens with one attached hydrogen (secondary N) is 1. The fraction of sp³-hybridized carbons (Fsp3) is 0.571. The van der Waals surface area contributed by atoms with Crippen molar-refractivity contribution in [2.45, 2.75) is 71.3 Å². The Bertz CT molecular complexity index is 1190. The Morgan fingerprint density at radius 2 is 2.03 bits per heavy atom. The Morgan fingerprint density at radius 3 is 2.82 bits per heavy atom. The van der Waals surface area contributed by atoms with E-state index < -0.39 is 5.60 Å². The largest absolute Gasteiger partial charge is 0.377 e. The van der Waals surface area contributed by atoms with E-state index in [2.05, 4.69) is 49.1 Å². The zero-order valence-corrected chi connectivity index (χ0v) is 20.6. The fourth-order valence-electron chi connectivity index (χ4n) is 7.90. The minimum absolute atomic E-state index is 0.146. The first-order chi connectivity index (χ1) is 15.8. The summed E-state index contributed by atoms with van der Waals surface area (Å²) in [5, 5.41) is 15.7. The number of rotatable bonds is 2. The third-order valence-corrected chi connectivity index (χ3v) is 11.0. The van der Waals surface area contributed by atoms with Crippen LogP contribution in [0.4, 0.5) is 10.9 Å². The van der Waals surface area contributed by atoms with Gasteiger partial charge in [0, 0.05) is 11.6 Å². The molecule has 2 heterocycles. The summed E-state index contributed by atoms with van der Waals surface area (Å²) in [6.45, 7) is 6.84. The van der Waals surface area contributed by atoms with E-state index in [0.29, 0.717) is 17.8 Å². The van der Waals surface area contributed by atoms with Gasteiger partial charge in [0.1, 0.15) is 11.4 Å². The molecule has 172 valence electrons. The van der Waals surface area contributed by atoms with E-state index in [4.69, 9.17) is 11.4 Å². The van der Waals surface area contributed by atoms with Gasteiger partial charge in [0.25, 0.3) is 0 Å². The zero-order chi connectivity index (χ0) is 23.0. The Labute approximate surface area is 200 Å². The highest BCUT2D eigenvalue weighted by molar-refractivity contribution is 7.16. The van der Waals surface area contributed by atoms with Crippen LogP contribution in [0.1, 0.15) is 68.5 Å². The zero-order valence-electron chi connectivity index (χ0n) is 19.8. The van der Waals surface area contributed by atoms with Crippen LogP contribution in [0.3, 0.4) is 0 Å². The number of aliphatic hydroxyl groups is 1. The Kier molecular flexibility index (Phi) is 4.64. The van der Waals surface area contributed by atoms with Crippen molar-refractivity contribution in [3.63, 3.8) is 0 Å². The standard InChI is InChI=1S/C28H33N3OS/c1-5-28(32)15-11-20-18-8-9-21-23-22(12-13-26(21,3)19(18)10-14-27(20,28)4)30-25(33-23)31-24-17(2)7-6-16-29-24/h1,6-7,9,16,18-20,32H,8,10-15H2,2-4H3,(H,29,30,31)/t18-,19+,20+,26-,27+,28+/m1/s1. The highest BCUT2D eigenvalue weighted by Gasteiger charge is 2.63. The molecule has 0 bridgehead atoms. The summed E-state index contributed by atoms with van der Waals surface area (Å²) < 4.78 is 0. The molecular formula is C28H33N3OS. The summed E-state index contributed by atoms with van der Waals surface area (Å²) in [5.74, 6) is 5.47. The van der Waals surface area contributed by atoms with Gasteiger partial charge in [-0.05, 0) is 92.2 Å². The lowest BCUT2D eigenvalue weighted by Gasteiger charge is -2.57. The molecule has 0 aliphatic heterocycles. The molecule has 2 aromatic heterocycles. The maximum Gasteiger partial charge on any atom is 0.189 e. The summed E-state index contributed by atoms with van der Waals surface area (Å²) >= 11 is 1.79. The second-order valence-electron chi connectivity index (χ2n) is 11.2. The van der Waals surface area contributed by atoms with Crippen LogP contribution >= 0.6 is 11.3 Å². The van der Waals surface area contributed by atoms with Gasteiger partial charge in [-0.2, -0.15) is 0 Å². The Morgan fingerprint density at radius 1 is 1.21 bits per heavy atom. The molecule has 5 heteroatoms.